The molecule has 1 amide bonds. The topological polar surface area (TPSA) is 242 Å². The van der Waals surface area contributed by atoms with Crippen LogP contribution in [-0.4, -0.2) is 124 Å². The Labute approximate surface area is 170 Å². The normalized spacial score (nSPS) is 42.7. The number of carbonyl (C=O) groups is 1. The zero-order valence-corrected chi connectivity index (χ0v) is 16.4. The van der Waals surface area contributed by atoms with Crippen molar-refractivity contribution < 1.29 is 66.8 Å². The molecule has 0 aromatic rings. The summed E-state index contributed by atoms with van der Waals surface area (Å²) >= 11 is 0. The average Bonchev–Trinajstić information content (AvgIpc) is 2.65. The number of carbonyl (C=O) groups excluding carboxylic acids is 1. The molecule has 0 bridgehead atoms. The van der Waals surface area contributed by atoms with E-state index in [9.17, 15) is 43.9 Å². The van der Waals surface area contributed by atoms with E-state index >= 15 is 0 Å². The second-order valence-electron chi connectivity index (χ2n) is 6.79. The van der Waals surface area contributed by atoms with Crippen molar-refractivity contribution in [2.24, 2.45) is 0 Å². The van der Waals surface area contributed by atoms with Crippen LogP contribution in [0.2, 0.25) is 0 Å². The number of amides is 1. The fourth-order valence-electron chi connectivity index (χ4n) is 3.11. The van der Waals surface area contributed by atoms with E-state index in [1.165, 1.54) is 0 Å². The molecule has 0 aliphatic carbocycles. The van der Waals surface area contributed by atoms with Gasteiger partial charge in [-0.15, -0.1) is 0 Å². The molecule has 8 N–H and O–H groups in total. The lowest BCUT2D eigenvalue weighted by molar-refractivity contribution is -0.341. The molecule has 2 heterocycles. The van der Waals surface area contributed by atoms with Crippen LogP contribution in [0.4, 0.5) is 0 Å². The summed E-state index contributed by atoms with van der Waals surface area (Å²) in [6, 6.07) is -1.47. The minimum atomic E-state index is -4.92. The Balaban J connectivity index is 2.25. The third-order valence-electron chi connectivity index (χ3n) is 4.58. The van der Waals surface area contributed by atoms with Crippen molar-refractivity contribution in [2.75, 3.05) is 13.2 Å². The maximum Gasteiger partial charge on any atom is 0.397 e. The highest BCUT2D eigenvalue weighted by atomic mass is 32.3. The maximum atomic E-state index is 11.5. The van der Waals surface area contributed by atoms with Crippen LogP contribution in [-0.2, 0) is 33.6 Å². The van der Waals surface area contributed by atoms with Crippen LogP contribution in [0, 0.1) is 0 Å². The van der Waals surface area contributed by atoms with Gasteiger partial charge < -0.3 is 50.2 Å². The molecule has 2 fully saturated rings. The first-order chi connectivity index (χ1) is 13.9. The molecular formula is C14H25NO14S. The number of ether oxygens (including phenoxy) is 3. The van der Waals surface area contributed by atoms with Gasteiger partial charge in [0.2, 0.25) is 5.91 Å². The van der Waals surface area contributed by atoms with Crippen molar-refractivity contribution >= 4 is 16.3 Å². The summed E-state index contributed by atoms with van der Waals surface area (Å²) in [6.45, 7) is -0.629. The van der Waals surface area contributed by atoms with Gasteiger partial charge in [0.1, 0.15) is 48.8 Å². The van der Waals surface area contributed by atoms with Crippen LogP contribution >= 0.6 is 0 Å². The van der Waals surface area contributed by atoms with Gasteiger partial charge in [-0.3, -0.25) is 9.35 Å². The summed E-state index contributed by atoms with van der Waals surface area (Å²) < 4.78 is 49.9. The van der Waals surface area contributed by atoms with Gasteiger partial charge in [-0.2, -0.15) is 8.42 Å². The number of aliphatic hydroxyl groups excluding tert-OH is 6. The largest absolute Gasteiger partial charge is 0.397 e. The van der Waals surface area contributed by atoms with E-state index in [2.05, 4.69) is 9.50 Å². The molecule has 0 radical (unpaired) electrons. The molecular weight excluding hydrogens is 438 g/mol. The SMILES string of the molecule is CC(=O)N[C@H]1[C@H](O[C@@H]2[C@@H](O)[C@@H](O)O[C@H](CO)[C@@H]2O)O[C@H](COS(=O)(=O)O)[C@@H](O)[C@@H]1O. The van der Waals surface area contributed by atoms with Crippen LogP contribution in [0.15, 0.2) is 0 Å². The molecule has 2 aliphatic heterocycles. The van der Waals surface area contributed by atoms with E-state index in [4.69, 9.17) is 18.8 Å². The lowest BCUT2D eigenvalue weighted by Crippen LogP contribution is -2.67. The molecule has 2 rings (SSSR count). The van der Waals surface area contributed by atoms with Gasteiger partial charge >= 0.3 is 10.4 Å². The molecule has 30 heavy (non-hydrogen) atoms. The molecule has 16 heteroatoms. The van der Waals surface area contributed by atoms with E-state index < -0.39 is 90.9 Å². The number of rotatable bonds is 7. The number of nitrogens with one attached hydrogen (secondary N) is 1. The van der Waals surface area contributed by atoms with Gasteiger partial charge in [-0.25, -0.2) is 4.18 Å². The van der Waals surface area contributed by atoms with Crippen molar-refractivity contribution in [1.29, 1.82) is 0 Å². The van der Waals surface area contributed by atoms with Crippen LogP contribution in [0.25, 0.3) is 0 Å². The highest BCUT2D eigenvalue weighted by Gasteiger charge is 2.51. The molecule has 0 spiro atoms. The fraction of sp³-hybridized carbons (Fsp3) is 0.929. The highest BCUT2D eigenvalue weighted by Crippen LogP contribution is 2.29. The Morgan fingerprint density at radius 1 is 1.00 bits per heavy atom. The second kappa shape index (κ2) is 10.1. The van der Waals surface area contributed by atoms with Gasteiger partial charge in [0.05, 0.1) is 13.2 Å². The predicted molar refractivity (Wildman–Crippen MR) is 90.6 cm³/mol. The van der Waals surface area contributed by atoms with Crippen molar-refractivity contribution in [3.8, 4) is 0 Å². The average molecular weight is 463 g/mol. The Bertz CT molecular complexity index is 690. The first-order valence-corrected chi connectivity index (χ1v) is 10.1. The molecule has 15 nitrogen and oxygen atoms in total. The van der Waals surface area contributed by atoms with Gasteiger partial charge in [-0.05, 0) is 0 Å². The lowest BCUT2D eigenvalue weighted by atomic mass is 9.95. The Morgan fingerprint density at radius 2 is 1.63 bits per heavy atom. The molecule has 2 saturated heterocycles. The third-order valence-corrected chi connectivity index (χ3v) is 5.02. The van der Waals surface area contributed by atoms with E-state index in [1.54, 1.807) is 0 Å². The standard InChI is InChI=1S/C14H25NO14S/c1-4(17)15-7-10(20)8(18)6(3-26-30(23,24)25)28-14(7)29-12-9(19)5(2-16)27-13(22)11(12)21/h5-14,16,18-22H,2-3H2,1H3,(H,15,17)(H,23,24,25)/t5-,6-,7-,8-,9+,10-,11-,12+,13+,14+/m1/s1. The summed E-state index contributed by atoms with van der Waals surface area (Å²) in [5.74, 6) is -0.683. The van der Waals surface area contributed by atoms with E-state index in [-0.39, 0.29) is 0 Å². The number of aliphatic hydroxyl groups is 6. The summed E-state index contributed by atoms with van der Waals surface area (Å²) in [6.07, 6.45) is -15.3. The minimum absolute atomic E-state index is 0.683. The molecule has 176 valence electrons. The highest BCUT2D eigenvalue weighted by molar-refractivity contribution is 7.80. The maximum absolute atomic E-state index is 11.5. The first-order valence-electron chi connectivity index (χ1n) is 8.72. The number of hydrogen-bond acceptors (Lipinski definition) is 13. The zero-order chi connectivity index (χ0) is 22.8. The van der Waals surface area contributed by atoms with Crippen LogP contribution in [0.1, 0.15) is 6.92 Å². The molecule has 0 saturated carbocycles. The Hall–Kier alpha value is -1.02. The van der Waals surface area contributed by atoms with E-state index in [1.807, 2.05) is 0 Å². The molecule has 0 unspecified atom stereocenters. The van der Waals surface area contributed by atoms with E-state index in [0.717, 1.165) is 6.92 Å². The Morgan fingerprint density at radius 3 is 2.17 bits per heavy atom. The van der Waals surface area contributed by atoms with Gasteiger partial charge in [0.15, 0.2) is 12.6 Å². The minimum Gasteiger partial charge on any atom is -0.394 e. The monoisotopic (exact) mass is 463 g/mol. The Kier molecular flexibility index (Phi) is 8.47. The summed E-state index contributed by atoms with van der Waals surface area (Å²) in [7, 11) is -4.92. The molecule has 10 atom stereocenters. The fourth-order valence-corrected chi connectivity index (χ4v) is 3.42. The van der Waals surface area contributed by atoms with Crippen molar-refractivity contribution in [3.63, 3.8) is 0 Å². The van der Waals surface area contributed by atoms with Crippen molar-refractivity contribution in [3.05, 3.63) is 0 Å². The summed E-state index contributed by atoms with van der Waals surface area (Å²) in [5.41, 5.74) is 0. The van der Waals surface area contributed by atoms with Crippen molar-refractivity contribution in [2.45, 2.75) is 68.3 Å². The van der Waals surface area contributed by atoms with Gasteiger partial charge in [0, 0.05) is 6.92 Å². The molecule has 2 aliphatic rings. The quantitative estimate of drug-likeness (QED) is 0.164. The van der Waals surface area contributed by atoms with Gasteiger partial charge in [-0.1, -0.05) is 0 Å². The van der Waals surface area contributed by atoms with E-state index in [0.29, 0.717) is 0 Å². The molecule has 0 aromatic heterocycles. The third kappa shape index (κ3) is 6.02. The zero-order valence-electron chi connectivity index (χ0n) is 15.6. The summed E-state index contributed by atoms with van der Waals surface area (Å²) in [4.78, 5) is 11.5. The lowest BCUT2D eigenvalue weighted by Gasteiger charge is -2.46. The van der Waals surface area contributed by atoms with Crippen LogP contribution < -0.4 is 5.32 Å². The van der Waals surface area contributed by atoms with Crippen LogP contribution in [0.5, 0.6) is 0 Å². The smallest absolute Gasteiger partial charge is 0.394 e. The second-order valence-corrected chi connectivity index (χ2v) is 7.88. The molecule has 0 aromatic carbocycles. The van der Waals surface area contributed by atoms with Gasteiger partial charge in [0.25, 0.3) is 0 Å². The predicted octanol–water partition coefficient (Wildman–Crippen LogP) is -5.43. The summed E-state index contributed by atoms with van der Waals surface area (Å²) in [5, 5.41) is 62.0. The van der Waals surface area contributed by atoms with Crippen molar-refractivity contribution in [1.82, 2.24) is 5.32 Å². The number of hydrogen-bond donors (Lipinski definition) is 8. The first kappa shape index (κ1) is 25.2. The van der Waals surface area contributed by atoms with Crippen LogP contribution in [0.3, 0.4) is 0 Å².